The van der Waals surface area contributed by atoms with Gasteiger partial charge in [0.15, 0.2) is 5.78 Å². The van der Waals surface area contributed by atoms with Crippen LogP contribution in [0.25, 0.3) is 0 Å². The Balaban J connectivity index is 0.786. The van der Waals surface area contributed by atoms with E-state index in [1.165, 1.54) is 17.2 Å². The second kappa shape index (κ2) is 19.3. The third-order valence-corrected chi connectivity index (χ3v) is 10.9. The van der Waals surface area contributed by atoms with Gasteiger partial charge in [0.25, 0.3) is 0 Å². The van der Waals surface area contributed by atoms with E-state index in [1.54, 1.807) is 6.07 Å². The van der Waals surface area contributed by atoms with Gasteiger partial charge in [0.1, 0.15) is 34.7 Å². The SMILES string of the molecule is O=C1CC(c2ccc(OCCCCN3CCN(Cc4ccccc4)CC3)cc2)Oc2cc(OCCCCN3CCN(Cc4ccccc4)CC3)cc(O)c21. The first-order valence-electron chi connectivity index (χ1n) is 20.0. The molecule has 0 saturated carbocycles. The number of phenolic OH excluding ortho intramolecular Hbond substituents is 1. The number of hydrogen-bond donors (Lipinski definition) is 1. The van der Waals surface area contributed by atoms with Gasteiger partial charge in [-0.2, -0.15) is 0 Å². The average molecular weight is 733 g/mol. The van der Waals surface area contributed by atoms with E-state index in [-0.39, 0.29) is 23.5 Å². The van der Waals surface area contributed by atoms with Crippen LogP contribution in [0.4, 0.5) is 0 Å². The van der Waals surface area contributed by atoms with Crippen LogP contribution in [-0.2, 0) is 13.1 Å². The number of ether oxygens (including phenoxy) is 3. The molecule has 4 aromatic rings. The second-order valence-electron chi connectivity index (χ2n) is 14.9. The van der Waals surface area contributed by atoms with Crippen molar-refractivity contribution in [2.75, 3.05) is 78.7 Å². The van der Waals surface area contributed by atoms with Gasteiger partial charge in [-0.05, 0) is 67.6 Å². The van der Waals surface area contributed by atoms with E-state index in [2.05, 4.69) is 80.3 Å². The van der Waals surface area contributed by atoms with Crippen LogP contribution in [0.2, 0.25) is 0 Å². The van der Waals surface area contributed by atoms with Gasteiger partial charge in [-0.25, -0.2) is 0 Å². The summed E-state index contributed by atoms with van der Waals surface area (Å²) in [4.78, 5) is 23.3. The summed E-state index contributed by atoms with van der Waals surface area (Å²) >= 11 is 0. The Morgan fingerprint density at radius 1 is 0.593 bits per heavy atom. The third-order valence-electron chi connectivity index (χ3n) is 10.9. The number of aromatic hydroxyl groups is 1. The van der Waals surface area contributed by atoms with Crippen LogP contribution in [0.3, 0.4) is 0 Å². The van der Waals surface area contributed by atoms with Crippen molar-refractivity contribution in [1.82, 2.24) is 19.6 Å². The van der Waals surface area contributed by atoms with Crippen molar-refractivity contribution >= 4 is 5.78 Å². The molecule has 286 valence electrons. The van der Waals surface area contributed by atoms with Crippen molar-refractivity contribution < 1.29 is 24.1 Å². The summed E-state index contributed by atoms with van der Waals surface area (Å²) in [5.41, 5.74) is 3.90. The Labute approximate surface area is 321 Å². The lowest BCUT2D eigenvalue weighted by Crippen LogP contribution is -2.46. The van der Waals surface area contributed by atoms with Crippen LogP contribution in [0, 0.1) is 0 Å². The number of Topliss-reactive ketones (excluding diaryl/α,β-unsaturated/α-hetero) is 1. The summed E-state index contributed by atoms with van der Waals surface area (Å²) in [6, 6.07) is 32.5. The minimum atomic E-state index is -0.435. The Morgan fingerprint density at radius 3 is 1.63 bits per heavy atom. The lowest BCUT2D eigenvalue weighted by atomic mass is 9.95. The van der Waals surface area contributed by atoms with E-state index in [0.29, 0.717) is 24.7 Å². The van der Waals surface area contributed by atoms with Crippen LogP contribution in [0.1, 0.15) is 65.3 Å². The zero-order valence-electron chi connectivity index (χ0n) is 31.6. The quantitative estimate of drug-likeness (QED) is 0.115. The van der Waals surface area contributed by atoms with E-state index < -0.39 is 6.10 Å². The molecule has 0 aromatic heterocycles. The highest BCUT2D eigenvalue weighted by molar-refractivity contribution is 6.02. The fraction of sp³-hybridized carbons (Fsp3) is 0.444. The standard InChI is InChI=1S/C45H56N4O5/c50-41-31-40(53-30-10-8-20-47-23-27-49(28-24-47)35-37-13-5-2-6-14-37)32-44-45(41)42(51)33-43(54-44)38-15-17-39(18-16-38)52-29-9-7-19-46-21-25-48(26-22-46)34-36-11-3-1-4-12-36/h1-6,11-18,31-32,43,50H,7-10,19-30,33-35H2. The molecule has 1 atom stereocenters. The summed E-state index contributed by atoms with van der Waals surface area (Å²) in [7, 11) is 0. The van der Waals surface area contributed by atoms with E-state index in [1.807, 2.05) is 24.3 Å². The van der Waals surface area contributed by atoms with Gasteiger partial charge >= 0.3 is 0 Å². The van der Waals surface area contributed by atoms with Crippen LogP contribution >= 0.6 is 0 Å². The first-order chi connectivity index (χ1) is 26.6. The molecule has 54 heavy (non-hydrogen) atoms. The van der Waals surface area contributed by atoms with Gasteiger partial charge < -0.3 is 29.1 Å². The first-order valence-corrected chi connectivity index (χ1v) is 20.0. The first kappa shape index (κ1) is 37.9. The number of rotatable bonds is 17. The van der Waals surface area contributed by atoms with Gasteiger partial charge in [-0.3, -0.25) is 14.6 Å². The molecule has 2 fully saturated rings. The van der Waals surface area contributed by atoms with Gasteiger partial charge in [-0.15, -0.1) is 0 Å². The summed E-state index contributed by atoms with van der Waals surface area (Å²) in [5, 5.41) is 10.7. The molecule has 1 N–H and O–H groups in total. The summed E-state index contributed by atoms with van der Waals surface area (Å²) in [6.07, 6.45) is 3.80. The highest BCUT2D eigenvalue weighted by Gasteiger charge is 2.31. The molecule has 0 radical (unpaired) electrons. The number of phenols is 1. The highest BCUT2D eigenvalue weighted by Crippen LogP contribution is 2.42. The number of ketones is 1. The molecule has 0 aliphatic carbocycles. The fourth-order valence-corrected chi connectivity index (χ4v) is 7.74. The zero-order valence-corrected chi connectivity index (χ0v) is 31.6. The molecular formula is C45H56N4O5. The third kappa shape index (κ3) is 10.8. The maximum Gasteiger partial charge on any atom is 0.174 e. The van der Waals surface area contributed by atoms with Gasteiger partial charge in [0.2, 0.25) is 0 Å². The molecule has 0 amide bonds. The normalized spacial score (nSPS) is 18.6. The summed E-state index contributed by atoms with van der Waals surface area (Å²) in [6.45, 7) is 14.2. The number of fused-ring (bicyclic) bond motifs is 1. The van der Waals surface area contributed by atoms with Crippen molar-refractivity contribution in [2.45, 2.75) is 51.3 Å². The molecular weight excluding hydrogens is 677 g/mol. The molecule has 2 saturated heterocycles. The highest BCUT2D eigenvalue weighted by atomic mass is 16.5. The maximum absolute atomic E-state index is 13.1. The van der Waals surface area contributed by atoms with Crippen molar-refractivity contribution in [3.63, 3.8) is 0 Å². The Morgan fingerprint density at radius 2 is 1.09 bits per heavy atom. The molecule has 3 aliphatic rings. The number of nitrogens with zero attached hydrogens (tertiary/aromatic N) is 4. The molecule has 0 spiro atoms. The lowest BCUT2D eigenvalue weighted by molar-refractivity contribution is 0.0844. The zero-order chi connectivity index (χ0) is 37.0. The minimum Gasteiger partial charge on any atom is -0.507 e. The van der Waals surface area contributed by atoms with Crippen LogP contribution in [-0.4, -0.2) is 109 Å². The van der Waals surface area contributed by atoms with Crippen LogP contribution in [0.15, 0.2) is 97.1 Å². The number of piperazine rings is 2. The predicted molar refractivity (Wildman–Crippen MR) is 213 cm³/mol. The van der Waals surface area contributed by atoms with Gasteiger partial charge in [-0.1, -0.05) is 72.8 Å². The van der Waals surface area contributed by atoms with Crippen LogP contribution < -0.4 is 14.2 Å². The predicted octanol–water partition coefficient (Wildman–Crippen LogP) is 7.05. The number of carbonyl (C=O) groups excluding carboxylic acids is 1. The second-order valence-corrected chi connectivity index (χ2v) is 14.9. The molecule has 1 unspecified atom stereocenters. The molecule has 7 rings (SSSR count). The van der Waals surface area contributed by atoms with Crippen molar-refractivity contribution in [3.8, 4) is 23.0 Å². The average Bonchev–Trinajstić information content (AvgIpc) is 3.20. The van der Waals surface area contributed by atoms with E-state index in [4.69, 9.17) is 14.2 Å². The van der Waals surface area contributed by atoms with E-state index in [0.717, 1.165) is 116 Å². The minimum absolute atomic E-state index is 0.0895. The van der Waals surface area contributed by atoms with E-state index in [9.17, 15) is 9.90 Å². The summed E-state index contributed by atoms with van der Waals surface area (Å²) in [5.74, 6) is 1.48. The van der Waals surface area contributed by atoms with Crippen LogP contribution in [0.5, 0.6) is 23.0 Å². The maximum atomic E-state index is 13.1. The Bertz CT molecular complexity index is 1740. The Kier molecular flexibility index (Phi) is 13.5. The van der Waals surface area contributed by atoms with E-state index >= 15 is 0 Å². The van der Waals surface area contributed by atoms with Gasteiger partial charge in [0.05, 0.1) is 19.6 Å². The molecule has 4 aromatic carbocycles. The molecule has 9 nitrogen and oxygen atoms in total. The molecule has 9 heteroatoms. The topological polar surface area (TPSA) is 78.0 Å². The molecule has 3 heterocycles. The number of benzene rings is 4. The van der Waals surface area contributed by atoms with Crippen molar-refractivity contribution in [2.24, 2.45) is 0 Å². The monoisotopic (exact) mass is 732 g/mol. The molecule has 3 aliphatic heterocycles. The lowest BCUT2D eigenvalue weighted by Gasteiger charge is -2.34. The van der Waals surface area contributed by atoms with Gasteiger partial charge in [0, 0.05) is 77.6 Å². The smallest absolute Gasteiger partial charge is 0.174 e. The van der Waals surface area contributed by atoms with Crippen molar-refractivity contribution in [3.05, 3.63) is 119 Å². The fourth-order valence-electron chi connectivity index (χ4n) is 7.74. The largest absolute Gasteiger partial charge is 0.507 e. The number of hydrogen-bond acceptors (Lipinski definition) is 9. The van der Waals surface area contributed by atoms with Crippen molar-refractivity contribution in [1.29, 1.82) is 0 Å². The number of carbonyl (C=O) groups is 1. The Hall–Kier alpha value is -4.41. The summed E-state index contributed by atoms with van der Waals surface area (Å²) < 4.78 is 18.4. The molecule has 0 bridgehead atoms. The number of unbranched alkanes of at least 4 members (excludes halogenated alkanes) is 2.